The van der Waals surface area contributed by atoms with Crippen molar-refractivity contribution >= 4 is 55.8 Å². The summed E-state index contributed by atoms with van der Waals surface area (Å²) in [5.74, 6) is 0. The molecule has 0 aliphatic carbocycles. The average Bonchev–Trinajstić information content (AvgIpc) is 3.41. The van der Waals surface area contributed by atoms with Crippen LogP contribution in [0, 0.1) is 47.9 Å². The SMILES string of the molecule is Cc1ccc(-c2csc([N+](=O)[O-])c2Sc2c(-c3ccc(C)c(C)c3N)csc2[N+](=O)[O-])c(N)c1C. The van der Waals surface area contributed by atoms with Gasteiger partial charge < -0.3 is 11.5 Å². The molecule has 0 spiro atoms. The van der Waals surface area contributed by atoms with E-state index >= 15 is 0 Å². The summed E-state index contributed by atoms with van der Waals surface area (Å²) in [6.07, 6.45) is 0. The van der Waals surface area contributed by atoms with E-state index < -0.39 is 9.85 Å². The maximum atomic E-state index is 11.9. The Bertz CT molecular complexity index is 1400. The molecule has 8 nitrogen and oxygen atoms in total. The number of hydrogen-bond acceptors (Lipinski definition) is 9. The Hall–Kier alpha value is -3.41. The van der Waals surface area contributed by atoms with Crippen LogP contribution in [-0.2, 0) is 0 Å². The molecule has 4 N–H and O–H groups in total. The van der Waals surface area contributed by atoms with Crippen molar-refractivity contribution < 1.29 is 9.85 Å². The molecule has 35 heavy (non-hydrogen) atoms. The lowest BCUT2D eigenvalue weighted by Crippen LogP contribution is -1.97. The molecule has 0 amide bonds. The normalized spacial score (nSPS) is 11.1. The number of nitro groups is 2. The van der Waals surface area contributed by atoms with Gasteiger partial charge in [-0.05, 0) is 49.9 Å². The molecule has 4 rings (SSSR count). The number of benzene rings is 2. The van der Waals surface area contributed by atoms with Crippen LogP contribution in [0.3, 0.4) is 0 Å². The monoisotopic (exact) mass is 526 g/mol. The second kappa shape index (κ2) is 9.33. The minimum atomic E-state index is -0.462. The third-order valence-electron chi connectivity index (χ3n) is 6.14. The van der Waals surface area contributed by atoms with E-state index in [1.807, 2.05) is 52.0 Å². The van der Waals surface area contributed by atoms with E-state index in [-0.39, 0.29) is 10.0 Å². The lowest BCUT2D eigenvalue weighted by atomic mass is 9.99. The van der Waals surface area contributed by atoms with Gasteiger partial charge in [-0.1, -0.05) is 58.7 Å². The van der Waals surface area contributed by atoms with Crippen LogP contribution in [0.1, 0.15) is 22.3 Å². The van der Waals surface area contributed by atoms with E-state index in [2.05, 4.69) is 0 Å². The second-order valence-electron chi connectivity index (χ2n) is 8.12. The maximum Gasteiger partial charge on any atom is 0.338 e. The molecule has 0 saturated carbocycles. The quantitative estimate of drug-likeness (QED) is 0.150. The molecule has 0 radical (unpaired) electrons. The number of anilines is 2. The Labute approximate surface area is 213 Å². The highest BCUT2D eigenvalue weighted by Gasteiger charge is 2.31. The molecule has 0 saturated heterocycles. The standard InChI is InChI=1S/C24H22N4O4S3/c1-11-5-7-15(19(25)13(11)3)17-9-33-23(27(29)30)21(17)35-22-18(10-34-24(22)28(31)32)16-8-6-12(2)14(4)20(16)26/h5-10H,25-26H2,1-4H3. The zero-order valence-electron chi connectivity index (χ0n) is 19.4. The molecule has 0 fully saturated rings. The Morgan fingerprint density at radius 3 is 1.40 bits per heavy atom. The van der Waals surface area contributed by atoms with Crippen LogP contribution in [-0.4, -0.2) is 9.85 Å². The van der Waals surface area contributed by atoms with Crippen molar-refractivity contribution in [2.45, 2.75) is 37.5 Å². The van der Waals surface area contributed by atoms with E-state index in [4.69, 9.17) is 11.5 Å². The fourth-order valence-electron chi connectivity index (χ4n) is 3.74. The first-order valence-electron chi connectivity index (χ1n) is 10.4. The first-order chi connectivity index (χ1) is 16.5. The summed E-state index contributed by atoms with van der Waals surface area (Å²) in [6, 6.07) is 7.48. The van der Waals surface area contributed by atoms with E-state index in [1.165, 1.54) is 0 Å². The highest BCUT2D eigenvalue weighted by molar-refractivity contribution is 8.00. The van der Waals surface area contributed by atoms with Crippen molar-refractivity contribution in [3.05, 3.63) is 77.5 Å². The molecule has 0 bridgehead atoms. The van der Waals surface area contributed by atoms with Gasteiger partial charge in [-0.15, -0.1) is 0 Å². The molecule has 0 unspecified atom stereocenters. The zero-order valence-corrected chi connectivity index (χ0v) is 21.8. The van der Waals surface area contributed by atoms with Gasteiger partial charge in [-0.2, -0.15) is 0 Å². The van der Waals surface area contributed by atoms with Crippen LogP contribution >= 0.6 is 34.4 Å². The van der Waals surface area contributed by atoms with E-state index in [9.17, 15) is 20.2 Å². The summed E-state index contributed by atoms with van der Waals surface area (Å²) in [7, 11) is 0. The zero-order chi connectivity index (χ0) is 25.6. The van der Waals surface area contributed by atoms with Gasteiger partial charge in [0, 0.05) is 44.4 Å². The molecular weight excluding hydrogens is 504 g/mol. The van der Waals surface area contributed by atoms with Crippen LogP contribution in [0.5, 0.6) is 0 Å². The minimum absolute atomic E-state index is 0.0952. The smallest absolute Gasteiger partial charge is 0.338 e. The summed E-state index contributed by atoms with van der Waals surface area (Å²) >= 11 is 2.97. The molecule has 0 aliphatic heterocycles. The maximum absolute atomic E-state index is 11.9. The Kier molecular flexibility index (Phi) is 6.58. The predicted molar refractivity (Wildman–Crippen MR) is 145 cm³/mol. The topological polar surface area (TPSA) is 138 Å². The summed E-state index contributed by atoms with van der Waals surface area (Å²) in [5, 5.41) is 27.0. The summed E-state index contributed by atoms with van der Waals surface area (Å²) in [6.45, 7) is 7.67. The minimum Gasteiger partial charge on any atom is -0.398 e. The van der Waals surface area contributed by atoms with Gasteiger partial charge >= 0.3 is 10.0 Å². The van der Waals surface area contributed by atoms with E-state index in [1.54, 1.807) is 10.8 Å². The van der Waals surface area contributed by atoms with Crippen molar-refractivity contribution in [1.29, 1.82) is 0 Å². The van der Waals surface area contributed by atoms with E-state index in [0.29, 0.717) is 43.4 Å². The van der Waals surface area contributed by atoms with Crippen LogP contribution in [0.4, 0.5) is 21.4 Å². The van der Waals surface area contributed by atoms with Gasteiger partial charge in [-0.25, -0.2) is 0 Å². The summed E-state index contributed by atoms with van der Waals surface area (Å²) < 4.78 is 0. The van der Waals surface area contributed by atoms with Gasteiger partial charge in [0.2, 0.25) is 0 Å². The average molecular weight is 527 g/mol. The molecule has 0 atom stereocenters. The first kappa shape index (κ1) is 24.7. The number of thiophene rings is 2. The van der Waals surface area contributed by atoms with E-state index in [0.717, 1.165) is 56.7 Å². The number of nitrogen functional groups attached to an aromatic ring is 2. The fraction of sp³-hybridized carbons (Fsp3) is 0.167. The molecule has 11 heteroatoms. The number of aryl methyl sites for hydroxylation is 2. The number of rotatable bonds is 6. The molecule has 2 heterocycles. The highest BCUT2D eigenvalue weighted by atomic mass is 32.2. The second-order valence-corrected chi connectivity index (χ2v) is 10.9. The van der Waals surface area contributed by atoms with Crippen LogP contribution in [0.25, 0.3) is 22.3 Å². The van der Waals surface area contributed by atoms with Crippen molar-refractivity contribution in [3.8, 4) is 22.3 Å². The molecular formula is C24H22N4O4S3. The van der Waals surface area contributed by atoms with Crippen molar-refractivity contribution in [3.63, 3.8) is 0 Å². The highest BCUT2D eigenvalue weighted by Crippen LogP contribution is 2.54. The molecule has 2 aromatic heterocycles. The van der Waals surface area contributed by atoms with Gasteiger partial charge in [0.1, 0.15) is 9.79 Å². The Balaban J connectivity index is 1.96. The van der Waals surface area contributed by atoms with Gasteiger partial charge in [0.25, 0.3) is 0 Å². The molecule has 2 aromatic carbocycles. The van der Waals surface area contributed by atoms with Crippen molar-refractivity contribution in [2.24, 2.45) is 0 Å². The summed E-state index contributed by atoms with van der Waals surface area (Å²) in [4.78, 5) is 23.6. The number of hydrogen-bond donors (Lipinski definition) is 2. The lowest BCUT2D eigenvalue weighted by molar-refractivity contribution is -0.383. The summed E-state index contributed by atoms with van der Waals surface area (Å²) in [5.41, 5.74) is 20.1. The predicted octanol–water partition coefficient (Wildman–Crippen LogP) is 7.51. The van der Waals surface area contributed by atoms with Gasteiger partial charge in [-0.3, -0.25) is 20.2 Å². The number of nitrogens with two attached hydrogens (primary N) is 2. The lowest BCUT2D eigenvalue weighted by Gasteiger charge is -2.13. The van der Waals surface area contributed by atoms with Crippen molar-refractivity contribution in [2.75, 3.05) is 11.5 Å². The molecule has 180 valence electrons. The van der Waals surface area contributed by atoms with Gasteiger partial charge in [0.05, 0.1) is 9.85 Å². The molecule has 4 aromatic rings. The largest absolute Gasteiger partial charge is 0.398 e. The number of nitrogens with zero attached hydrogens (tertiary/aromatic N) is 2. The van der Waals surface area contributed by atoms with Gasteiger partial charge in [0.15, 0.2) is 0 Å². The van der Waals surface area contributed by atoms with Crippen LogP contribution in [0.2, 0.25) is 0 Å². The Morgan fingerprint density at radius 1 is 0.686 bits per heavy atom. The fourth-order valence-corrected chi connectivity index (χ4v) is 7.07. The third-order valence-corrected chi connectivity index (χ3v) is 9.50. The molecule has 0 aliphatic rings. The Morgan fingerprint density at radius 2 is 1.06 bits per heavy atom. The first-order valence-corrected chi connectivity index (χ1v) is 13.0. The van der Waals surface area contributed by atoms with Crippen molar-refractivity contribution in [1.82, 2.24) is 0 Å². The van der Waals surface area contributed by atoms with Crippen LogP contribution in [0.15, 0.2) is 44.8 Å². The third kappa shape index (κ3) is 4.26. The van der Waals surface area contributed by atoms with Crippen LogP contribution < -0.4 is 11.5 Å².